The van der Waals surface area contributed by atoms with Crippen molar-refractivity contribution in [3.8, 4) is 0 Å². The Hall–Kier alpha value is -1.32. The first-order chi connectivity index (χ1) is 26.8. The highest BCUT2D eigenvalue weighted by Crippen LogP contribution is 2.77. The van der Waals surface area contributed by atoms with Crippen LogP contribution < -0.4 is 0 Å². The summed E-state index contributed by atoms with van der Waals surface area (Å²) >= 11 is 0. The molecule has 0 amide bonds. The van der Waals surface area contributed by atoms with Crippen LogP contribution in [0.4, 0.5) is 0 Å². The van der Waals surface area contributed by atoms with E-state index < -0.39 is 123 Å². The van der Waals surface area contributed by atoms with Crippen LogP contribution in [0.15, 0.2) is 11.6 Å². The second-order valence-corrected chi connectivity index (χ2v) is 21.2. The van der Waals surface area contributed by atoms with Crippen molar-refractivity contribution in [2.75, 3.05) is 6.61 Å². The summed E-state index contributed by atoms with van der Waals surface area (Å²) in [5.74, 6) is -0.183. The maximum Gasteiger partial charge on any atom is 0.319 e. The van der Waals surface area contributed by atoms with Gasteiger partial charge < -0.3 is 58.9 Å². The zero-order valence-electron chi connectivity index (χ0n) is 34.9. The fraction of sp³-hybridized carbons (Fsp3) is 0.927. The average Bonchev–Trinajstić information content (AvgIpc) is 3.48. The quantitative estimate of drug-likeness (QED) is 0.0605. The first kappa shape index (κ1) is 44.7. The minimum Gasteiger partial charge on any atom is -0.726 e. The molecule has 3 heterocycles. The Morgan fingerprint density at radius 2 is 1.60 bits per heavy atom. The van der Waals surface area contributed by atoms with Gasteiger partial charge in [-0.25, -0.2) is 8.42 Å². The number of ether oxygens (including phenoxy) is 5. The second kappa shape index (κ2) is 14.9. The summed E-state index contributed by atoms with van der Waals surface area (Å²) in [6.07, 6.45) is -8.27. The summed E-state index contributed by atoms with van der Waals surface area (Å²) in [4.78, 5) is 14.3. The van der Waals surface area contributed by atoms with Crippen LogP contribution >= 0.6 is 0 Å². The molecule has 58 heavy (non-hydrogen) atoms. The summed E-state index contributed by atoms with van der Waals surface area (Å²) in [5.41, 5.74) is -4.92. The summed E-state index contributed by atoms with van der Waals surface area (Å²) in [7, 11) is -5.28. The zero-order chi connectivity index (χ0) is 42.8. The summed E-state index contributed by atoms with van der Waals surface area (Å²) in [6, 6.07) is 0. The van der Waals surface area contributed by atoms with Gasteiger partial charge in [-0.05, 0) is 99.2 Å². The fourth-order valence-corrected chi connectivity index (χ4v) is 13.6. The standard InChI is InChI=1S/C41H66O16S/c1-20(2)10-9-14-39(8)40(48)17-16-38(7)22-11-12-25-36(4,5)27(13-15-37(25,6)23(22)18-26(42)41(38,40)35(47)56-39)54-34-32(29(44)24(19-52-34)57-58(49,50)51)55-33-31(46)30(45)28(43)21(3)53-33/h18,20-22,24-34,42-46,48H,9-17,19H2,1-8H3,(H,49,50,51)/p-1/t21-,22-,24-,25+,26+,27+,28-,29+,30+,31-,32-,33+,34+,37-,38+,39+,40+,41-/m1/s1. The lowest BCUT2D eigenvalue weighted by molar-refractivity contribution is -0.362. The molecule has 16 nitrogen and oxygen atoms in total. The van der Waals surface area contributed by atoms with E-state index in [1.807, 2.05) is 13.0 Å². The molecule has 3 aliphatic heterocycles. The molecule has 332 valence electrons. The third-order valence-corrected chi connectivity index (χ3v) is 16.8. The van der Waals surface area contributed by atoms with Crippen molar-refractivity contribution < 1.29 is 76.3 Å². The molecule has 0 aromatic carbocycles. The molecule has 7 aliphatic rings. The van der Waals surface area contributed by atoms with E-state index in [2.05, 4.69) is 45.7 Å². The largest absolute Gasteiger partial charge is 0.726 e. The van der Waals surface area contributed by atoms with Gasteiger partial charge in [-0.15, -0.1) is 0 Å². The monoisotopic (exact) mass is 845 g/mol. The molecule has 3 saturated heterocycles. The third-order valence-electron chi connectivity index (χ3n) is 16.3. The van der Waals surface area contributed by atoms with Crippen molar-refractivity contribution in [2.24, 2.45) is 39.4 Å². The molecule has 6 N–H and O–H groups in total. The van der Waals surface area contributed by atoms with E-state index in [1.54, 1.807) is 0 Å². The molecule has 7 rings (SSSR count). The van der Waals surface area contributed by atoms with E-state index in [0.717, 1.165) is 24.8 Å². The first-order valence-corrected chi connectivity index (χ1v) is 22.4. The van der Waals surface area contributed by atoms with Crippen LogP contribution in [0.1, 0.15) is 113 Å². The molecule has 6 fully saturated rings. The summed E-state index contributed by atoms with van der Waals surface area (Å²) < 4.78 is 69.5. The highest BCUT2D eigenvalue weighted by Gasteiger charge is 2.85. The Morgan fingerprint density at radius 1 is 0.914 bits per heavy atom. The van der Waals surface area contributed by atoms with Crippen molar-refractivity contribution in [3.63, 3.8) is 0 Å². The van der Waals surface area contributed by atoms with Gasteiger partial charge in [0.25, 0.3) is 0 Å². The highest BCUT2D eigenvalue weighted by atomic mass is 32.3. The van der Waals surface area contributed by atoms with Crippen LogP contribution in [-0.4, -0.2) is 135 Å². The Bertz CT molecular complexity index is 1720. The number of fused-ring (bicyclic) bond motifs is 4. The molecule has 0 radical (unpaired) electrons. The molecule has 4 aliphatic carbocycles. The van der Waals surface area contributed by atoms with Crippen molar-refractivity contribution in [2.45, 2.75) is 192 Å². The van der Waals surface area contributed by atoms with Gasteiger partial charge in [0.2, 0.25) is 10.4 Å². The van der Waals surface area contributed by atoms with Crippen LogP contribution in [0.25, 0.3) is 0 Å². The van der Waals surface area contributed by atoms with Crippen LogP contribution in [0.5, 0.6) is 0 Å². The molecule has 3 saturated carbocycles. The number of hydrogen-bond acceptors (Lipinski definition) is 16. The number of aliphatic hydroxyl groups is 6. The van der Waals surface area contributed by atoms with Crippen molar-refractivity contribution >= 4 is 16.4 Å². The van der Waals surface area contributed by atoms with Crippen LogP contribution in [0, 0.1) is 39.4 Å². The number of carbonyl (C=O) groups excluding carboxylic acids is 1. The molecule has 0 bridgehead atoms. The van der Waals surface area contributed by atoms with Gasteiger partial charge >= 0.3 is 5.97 Å². The maximum atomic E-state index is 14.3. The highest BCUT2D eigenvalue weighted by molar-refractivity contribution is 7.80. The summed E-state index contributed by atoms with van der Waals surface area (Å²) in [6.45, 7) is 15.4. The Kier molecular flexibility index (Phi) is 11.5. The minimum absolute atomic E-state index is 0.0150. The molecule has 0 aromatic heterocycles. The SMILES string of the molecule is CC(C)CCC[C@]1(C)OC(=O)[C@]23[C@@H](O)C=C4[C@@H](CC[C@H]5C(C)(C)[C@@H](O[C@@H]6OC[C@@H](OS(=O)(=O)[O-])[C@H](O)[C@H]6O[C@@H]6O[C@H](C)[C@@H](O)[C@H](O)[C@H]6O)CC[C@]45C)[C@]2(C)CC[C@@]31O. The van der Waals surface area contributed by atoms with Crippen LogP contribution in [-0.2, 0) is 43.1 Å². The number of hydrogen-bond donors (Lipinski definition) is 6. The van der Waals surface area contributed by atoms with E-state index in [1.165, 1.54) is 6.92 Å². The van der Waals surface area contributed by atoms with Gasteiger partial charge in [-0.3, -0.25) is 8.98 Å². The van der Waals surface area contributed by atoms with E-state index in [-0.39, 0.29) is 11.8 Å². The molecule has 0 aromatic rings. The third kappa shape index (κ3) is 6.50. The van der Waals surface area contributed by atoms with Gasteiger partial charge in [0, 0.05) is 0 Å². The van der Waals surface area contributed by atoms with Crippen molar-refractivity contribution in [3.05, 3.63) is 11.6 Å². The van der Waals surface area contributed by atoms with Crippen molar-refractivity contribution in [1.29, 1.82) is 0 Å². The number of rotatable bonds is 10. The lowest BCUT2D eigenvalue weighted by atomic mass is 9.40. The van der Waals surface area contributed by atoms with Gasteiger partial charge in [0.05, 0.1) is 24.9 Å². The Balaban J connectivity index is 1.15. The molecule has 18 atom stereocenters. The van der Waals surface area contributed by atoms with Crippen LogP contribution in [0.2, 0.25) is 0 Å². The minimum atomic E-state index is -5.28. The van der Waals surface area contributed by atoms with E-state index in [9.17, 15) is 48.4 Å². The Labute approximate surface area is 341 Å². The van der Waals surface area contributed by atoms with E-state index in [0.29, 0.717) is 44.4 Å². The second-order valence-electron chi connectivity index (χ2n) is 20.2. The lowest BCUT2D eigenvalue weighted by Crippen LogP contribution is -2.68. The molecular weight excluding hydrogens is 781 g/mol. The van der Waals surface area contributed by atoms with Gasteiger partial charge in [-0.2, -0.15) is 0 Å². The van der Waals surface area contributed by atoms with E-state index >= 15 is 0 Å². The number of allylic oxidation sites excluding steroid dienone is 1. The Morgan fingerprint density at radius 3 is 2.26 bits per heavy atom. The van der Waals surface area contributed by atoms with Gasteiger partial charge in [0.15, 0.2) is 12.6 Å². The maximum absolute atomic E-state index is 14.3. The molecule has 1 spiro atoms. The van der Waals surface area contributed by atoms with Crippen LogP contribution in [0.3, 0.4) is 0 Å². The number of carbonyl (C=O) groups is 1. The van der Waals surface area contributed by atoms with E-state index in [4.69, 9.17) is 23.7 Å². The zero-order valence-corrected chi connectivity index (χ0v) is 35.7. The number of cyclic esters (lactones) is 1. The predicted molar refractivity (Wildman–Crippen MR) is 202 cm³/mol. The van der Waals surface area contributed by atoms with Crippen molar-refractivity contribution in [1.82, 2.24) is 0 Å². The topological polar surface area (TPSA) is 251 Å². The molecule has 0 unspecified atom stereocenters. The molecule has 17 heteroatoms. The predicted octanol–water partition coefficient (Wildman–Crippen LogP) is 1.96. The van der Waals surface area contributed by atoms with Gasteiger partial charge in [0.1, 0.15) is 53.2 Å². The first-order valence-electron chi connectivity index (χ1n) is 21.1. The fourth-order valence-electron chi connectivity index (χ4n) is 13.2. The lowest BCUT2D eigenvalue weighted by Gasteiger charge is -2.64. The number of aliphatic hydroxyl groups excluding tert-OH is 5. The van der Waals surface area contributed by atoms with Gasteiger partial charge in [-0.1, -0.05) is 59.6 Å². The normalized spacial score (nSPS) is 51.3. The molecular formula is C41H65O16S-. The average molecular weight is 846 g/mol. The number of esters is 1. The summed E-state index contributed by atoms with van der Waals surface area (Å²) in [5, 5.41) is 67.8. The smallest absolute Gasteiger partial charge is 0.319 e.